The second-order valence-electron chi connectivity index (χ2n) is 2.05. The molecule has 2 atom stereocenters. The van der Waals surface area contributed by atoms with Crippen molar-refractivity contribution in [1.29, 1.82) is 0 Å². The summed E-state index contributed by atoms with van der Waals surface area (Å²) in [5.41, 5.74) is 0. The van der Waals surface area contributed by atoms with Crippen LogP contribution in [0.5, 0.6) is 0 Å². The first-order chi connectivity index (χ1) is 5.11. The molecule has 0 bridgehead atoms. The quantitative estimate of drug-likeness (QED) is 0.363. The highest BCUT2D eigenvalue weighted by Gasteiger charge is 2.14. The molecule has 64 valence electrons. The van der Waals surface area contributed by atoms with E-state index in [4.69, 9.17) is 5.11 Å². The van der Waals surface area contributed by atoms with Gasteiger partial charge in [-0.25, -0.2) is 5.06 Å². The van der Waals surface area contributed by atoms with Crippen LogP contribution >= 0.6 is 9.47 Å². The molecule has 0 aliphatic rings. The molecule has 0 aliphatic carbocycles. The van der Waals surface area contributed by atoms with Gasteiger partial charge in [0.25, 0.3) is 0 Å². The summed E-state index contributed by atoms with van der Waals surface area (Å²) >= 11 is 0. The molecule has 0 heterocycles. The van der Waals surface area contributed by atoms with Gasteiger partial charge in [0.05, 0.1) is 12.5 Å². The van der Waals surface area contributed by atoms with Gasteiger partial charge >= 0.3 is 5.97 Å². The fraction of sp³-hybridized carbons (Fsp3) is 0.600. The Balaban J connectivity index is 3.80. The van der Waals surface area contributed by atoms with E-state index in [2.05, 4.69) is 4.62 Å². The SMILES string of the molecule is CC(CN(C=O)OP)C(=O)O. The molecule has 0 fully saturated rings. The second kappa shape index (κ2) is 5.04. The summed E-state index contributed by atoms with van der Waals surface area (Å²) in [5.74, 6) is -1.58. The lowest BCUT2D eigenvalue weighted by Gasteiger charge is -2.15. The molecule has 5 nitrogen and oxygen atoms in total. The molecule has 0 aromatic rings. The standard InChI is InChI=1S/C5H10NO4P/c1-4(5(8)9)2-6(3-7)10-11/h3-4H,2,11H2,1H3,(H,8,9). The molecule has 1 amide bonds. The molecule has 0 aliphatic heterocycles. The van der Waals surface area contributed by atoms with Crippen molar-refractivity contribution < 1.29 is 19.3 Å². The van der Waals surface area contributed by atoms with E-state index >= 15 is 0 Å². The van der Waals surface area contributed by atoms with E-state index < -0.39 is 11.9 Å². The van der Waals surface area contributed by atoms with Crippen LogP contribution in [0, 0.1) is 5.92 Å². The van der Waals surface area contributed by atoms with Crippen LogP contribution in [0.3, 0.4) is 0 Å². The van der Waals surface area contributed by atoms with E-state index in [0.717, 1.165) is 5.06 Å². The van der Waals surface area contributed by atoms with Crippen LogP contribution in [0.4, 0.5) is 0 Å². The van der Waals surface area contributed by atoms with Crippen molar-refractivity contribution in [3.8, 4) is 0 Å². The van der Waals surface area contributed by atoms with Gasteiger partial charge in [-0.2, -0.15) is 0 Å². The van der Waals surface area contributed by atoms with Gasteiger partial charge in [0.1, 0.15) is 0 Å². The monoisotopic (exact) mass is 179 g/mol. The maximum Gasteiger partial charge on any atom is 0.308 e. The first-order valence-corrected chi connectivity index (χ1v) is 3.40. The second-order valence-corrected chi connectivity index (χ2v) is 2.26. The first kappa shape index (κ1) is 10.3. The number of carboxylic acids is 1. The van der Waals surface area contributed by atoms with Gasteiger partial charge in [-0.15, -0.1) is 0 Å². The fourth-order valence-corrected chi connectivity index (χ4v) is 0.595. The normalized spacial score (nSPS) is 12.2. The Morgan fingerprint density at radius 1 is 1.91 bits per heavy atom. The molecule has 11 heavy (non-hydrogen) atoms. The summed E-state index contributed by atoms with van der Waals surface area (Å²) in [6.07, 6.45) is 0.423. The van der Waals surface area contributed by atoms with E-state index in [-0.39, 0.29) is 6.54 Å². The largest absolute Gasteiger partial charge is 0.481 e. The molecule has 2 unspecified atom stereocenters. The summed E-state index contributed by atoms with van der Waals surface area (Å²) in [4.78, 5) is 20.4. The number of nitrogens with zero attached hydrogens (tertiary/aromatic N) is 1. The van der Waals surface area contributed by atoms with Gasteiger partial charge in [0.15, 0.2) is 0 Å². The lowest BCUT2D eigenvalue weighted by molar-refractivity contribution is -0.150. The summed E-state index contributed by atoms with van der Waals surface area (Å²) in [6.45, 7) is 1.53. The van der Waals surface area contributed by atoms with Crippen molar-refractivity contribution in [3.05, 3.63) is 0 Å². The number of hydrogen-bond acceptors (Lipinski definition) is 3. The zero-order valence-corrected chi connectivity index (χ0v) is 7.21. The third-order valence-corrected chi connectivity index (χ3v) is 1.40. The van der Waals surface area contributed by atoms with E-state index in [0.29, 0.717) is 6.41 Å². The average molecular weight is 179 g/mol. The van der Waals surface area contributed by atoms with Crippen LogP contribution in [-0.2, 0) is 14.2 Å². The summed E-state index contributed by atoms with van der Waals surface area (Å²) in [6, 6.07) is 0. The maximum atomic E-state index is 10.3. The van der Waals surface area contributed by atoms with Crippen molar-refractivity contribution in [2.24, 2.45) is 5.92 Å². The summed E-state index contributed by atoms with van der Waals surface area (Å²) in [5, 5.41) is 9.31. The van der Waals surface area contributed by atoms with Crippen LogP contribution in [0.25, 0.3) is 0 Å². The highest BCUT2D eigenvalue weighted by molar-refractivity contribution is 7.09. The lowest BCUT2D eigenvalue weighted by Crippen LogP contribution is -2.28. The van der Waals surface area contributed by atoms with E-state index in [1.165, 1.54) is 6.92 Å². The van der Waals surface area contributed by atoms with Gasteiger partial charge in [-0.05, 0) is 0 Å². The minimum absolute atomic E-state index is 0.0440. The minimum atomic E-state index is -0.959. The number of hydrogen-bond donors (Lipinski definition) is 1. The van der Waals surface area contributed by atoms with Crippen LogP contribution < -0.4 is 0 Å². The zero-order valence-electron chi connectivity index (χ0n) is 6.06. The van der Waals surface area contributed by atoms with Gasteiger partial charge in [0, 0.05) is 9.47 Å². The number of rotatable bonds is 5. The van der Waals surface area contributed by atoms with E-state index in [1.54, 1.807) is 0 Å². The highest BCUT2D eigenvalue weighted by atomic mass is 31.0. The Morgan fingerprint density at radius 2 is 2.45 bits per heavy atom. The van der Waals surface area contributed by atoms with E-state index in [1.807, 2.05) is 9.47 Å². The Labute approximate surface area is 66.6 Å². The maximum absolute atomic E-state index is 10.3. The first-order valence-electron chi connectivity index (χ1n) is 2.93. The molecule has 1 N–H and O–H groups in total. The number of amides is 1. The summed E-state index contributed by atoms with van der Waals surface area (Å²) < 4.78 is 4.44. The molecule has 0 radical (unpaired) electrons. The molecule has 0 saturated heterocycles. The Hall–Kier alpha value is -0.670. The lowest BCUT2D eigenvalue weighted by atomic mass is 10.2. The smallest absolute Gasteiger partial charge is 0.308 e. The molecule has 0 aromatic heterocycles. The Morgan fingerprint density at radius 3 is 2.73 bits per heavy atom. The number of carbonyl (C=O) groups excluding carboxylic acids is 1. The molecule has 6 heteroatoms. The Kier molecular flexibility index (Phi) is 4.74. The molecular weight excluding hydrogens is 169 g/mol. The van der Waals surface area contributed by atoms with Crippen molar-refractivity contribution in [2.75, 3.05) is 6.54 Å². The molecule has 0 rings (SSSR count). The molecular formula is C5H10NO4P. The van der Waals surface area contributed by atoms with Crippen LogP contribution in [0.2, 0.25) is 0 Å². The highest BCUT2D eigenvalue weighted by Crippen LogP contribution is 2.01. The van der Waals surface area contributed by atoms with Crippen molar-refractivity contribution in [2.45, 2.75) is 6.92 Å². The minimum Gasteiger partial charge on any atom is -0.481 e. The predicted molar refractivity (Wildman–Crippen MR) is 40.4 cm³/mol. The van der Waals surface area contributed by atoms with Crippen molar-refractivity contribution >= 4 is 21.8 Å². The Bertz CT molecular complexity index is 151. The average Bonchev–Trinajstić information content (AvgIpc) is 1.99. The number of hydroxylamine groups is 2. The van der Waals surface area contributed by atoms with Crippen LogP contribution in [0.1, 0.15) is 6.92 Å². The zero-order chi connectivity index (χ0) is 8.85. The van der Waals surface area contributed by atoms with Gasteiger partial charge in [-0.1, -0.05) is 6.92 Å². The predicted octanol–water partition coefficient (Wildman–Crippen LogP) is -0.113. The number of aliphatic carboxylic acids is 1. The van der Waals surface area contributed by atoms with Crippen molar-refractivity contribution in [3.63, 3.8) is 0 Å². The third kappa shape index (κ3) is 3.91. The van der Waals surface area contributed by atoms with Crippen LogP contribution in [0.15, 0.2) is 0 Å². The molecule has 0 saturated carbocycles. The van der Waals surface area contributed by atoms with Crippen LogP contribution in [-0.4, -0.2) is 29.1 Å². The topological polar surface area (TPSA) is 66.8 Å². The number of carboxylic acid groups (broad SMARTS) is 1. The van der Waals surface area contributed by atoms with E-state index in [9.17, 15) is 9.59 Å². The van der Waals surface area contributed by atoms with Crippen molar-refractivity contribution in [1.82, 2.24) is 5.06 Å². The van der Waals surface area contributed by atoms with Gasteiger partial charge < -0.3 is 5.11 Å². The third-order valence-electron chi connectivity index (χ3n) is 1.13. The summed E-state index contributed by atoms with van der Waals surface area (Å²) in [7, 11) is 1.86. The molecule has 0 aromatic carbocycles. The molecule has 0 spiro atoms. The van der Waals surface area contributed by atoms with Gasteiger partial charge in [-0.3, -0.25) is 14.2 Å². The number of carbonyl (C=O) groups is 2. The fourth-order valence-electron chi connectivity index (χ4n) is 0.459. The van der Waals surface area contributed by atoms with Gasteiger partial charge in [0.2, 0.25) is 6.41 Å².